The van der Waals surface area contributed by atoms with Crippen molar-refractivity contribution in [2.45, 2.75) is 25.8 Å². The molecule has 0 bridgehead atoms. The lowest BCUT2D eigenvalue weighted by Gasteiger charge is -2.31. The van der Waals surface area contributed by atoms with Gasteiger partial charge in [-0.15, -0.1) is 11.3 Å². The summed E-state index contributed by atoms with van der Waals surface area (Å²) in [5.74, 6) is 0.0245. The molecule has 3 aromatic heterocycles. The fraction of sp³-hybridized carbons (Fsp3) is 0.389. The number of pyridine rings is 1. The zero-order chi connectivity index (χ0) is 17.6. The minimum Gasteiger partial charge on any atom is -0.337 e. The van der Waals surface area contributed by atoms with Crippen LogP contribution in [-0.2, 0) is 7.05 Å². The van der Waals surface area contributed by atoms with Crippen molar-refractivity contribution in [1.82, 2.24) is 19.7 Å². The highest BCUT2D eigenvalue weighted by atomic mass is 32.1. The second kappa shape index (κ2) is 6.24. The summed E-state index contributed by atoms with van der Waals surface area (Å²) < 4.78 is 1.75. The molecule has 3 aromatic rings. The van der Waals surface area contributed by atoms with Crippen LogP contribution < -0.4 is 5.73 Å². The zero-order valence-electron chi connectivity index (χ0n) is 14.4. The zero-order valence-corrected chi connectivity index (χ0v) is 15.2. The highest BCUT2D eigenvalue weighted by Gasteiger charge is 2.26. The lowest BCUT2D eigenvalue weighted by atomic mass is 10.0. The normalized spacial score (nSPS) is 18.0. The molecule has 1 amide bonds. The van der Waals surface area contributed by atoms with Gasteiger partial charge in [0.1, 0.15) is 0 Å². The molecule has 0 saturated carbocycles. The maximum Gasteiger partial charge on any atom is 0.254 e. The van der Waals surface area contributed by atoms with E-state index in [0.29, 0.717) is 12.1 Å². The largest absolute Gasteiger partial charge is 0.337 e. The van der Waals surface area contributed by atoms with E-state index in [4.69, 9.17) is 10.7 Å². The van der Waals surface area contributed by atoms with Gasteiger partial charge in [-0.1, -0.05) is 6.07 Å². The third-order valence-electron chi connectivity index (χ3n) is 4.72. The van der Waals surface area contributed by atoms with Crippen LogP contribution in [0.1, 0.15) is 28.9 Å². The Hall–Kier alpha value is -2.25. The van der Waals surface area contributed by atoms with Gasteiger partial charge in [-0.2, -0.15) is 5.10 Å². The number of hydrogen-bond acceptors (Lipinski definition) is 5. The monoisotopic (exact) mass is 355 g/mol. The van der Waals surface area contributed by atoms with Gasteiger partial charge < -0.3 is 10.6 Å². The van der Waals surface area contributed by atoms with E-state index < -0.39 is 0 Å². The lowest BCUT2D eigenvalue weighted by Crippen LogP contribution is -2.45. The molecule has 1 aliphatic rings. The van der Waals surface area contributed by atoms with Gasteiger partial charge in [0.05, 0.1) is 27.2 Å². The molecule has 0 aromatic carbocycles. The summed E-state index contributed by atoms with van der Waals surface area (Å²) in [7, 11) is 1.87. The summed E-state index contributed by atoms with van der Waals surface area (Å²) in [5.41, 5.74) is 9.13. The Morgan fingerprint density at radius 3 is 3.00 bits per heavy atom. The predicted octanol–water partition coefficient (Wildman–Crippen LogP) is 2.57. The second-order valence-corrected chi connectivity index (χ2v) is 7.54. The van der Waals surface area contributed by atoms with E-state index >= 15 is 0 Å². The van der Waals surface area contributed by atoms with Crippen molar-refractivity contribution in [3.8, 4) is 10.6 Å². The molecule has 130 valence electrons. The first-order chi connectivity index (χ1) is 12.0. The molecule has 4 heterocycles. The Bertz CT molecular complexity index is 931. The van der Waals surface area contributed by atoms with Gasteiger partial charge in [-0.3, -0.25) is 9.48 Å². The Balaban J connectivity index is 1.87. The minimum absolute atomic E-state index is 0.0245. The van der Waals surface area contributed by atoms with Gasteiger partial charge in [0, 0.05) is 26.2 Å². The average molecular weight is 355 g/mol. The second-order valence-electron chi connectivity index (χ2n) is 6.59. The molecule has 1 fully saturated rings. The maximum absolute atomic E-state index is 13.3. The molecule has 0 radical (unpaired) electrons. The van der Waals surface area contributed by atoms with E-state index in [2.05, 4.69) is 5.10 Å². The molecular weight excluding hydrogens is 334 g/mol. The van der Waals surface area contributed by atoms with Crippen LogP contribution in [0.4, 0.5) is 0 Å². The number of aryl methyl sites for hydroxylation is 2. The Kier molecular flexibility index (Phi) is 4.05. The topological polar surface area (TPSA) is 77.0 Å². The summed E-state index contributed by atoms with van der Waals surface area (Å²) >= 11 is 1.62. The van der Waals surface area contributed by atoms with Gasteiger partial charge in [-0.25, -0.2) is 4.98 Å². The molecule has 1 atom stereocenters. The molecule has 1 saturated heterocycles. The quantitative estimate of drug-likeness (QED) is 0.766. The van der Waals surface area contributed by atoms with Crippen LogP contribution in [0.25, 0.3) is 21.6 Å². The summed E-state index contributed by atoms with van der Waals surface area (Å²) in [6.07, 6.45) is 1.92. The van der Waals surface area contributed by atoms with E-state index in [0.717, 1.165) is 46.7 Å². The molecule has 6 nitrogen and oxygen atoms in total. The lowest BCUT2D eigenvalue weighted by molar-refractivity contribution is 0.0710. The van der Waals surface area contributed by atoms with E-state index in [1.165, 1.54) is 0 Å². The molecule has 1 unspecified atom stereocenters. The first-order valence-corrected chi connectivity index (χ1v) is 9.35. The van der Waals surface area contributed by atoms with E-state index in [-0.39, 0.29) is 11.9 Å². The van der Waals surface area contributed by atoms with E-state index in [9.17, 15) is 4.79 Å². The van der Waals surface area contributed by atoms with Crippen molar-refractivity contribution in [2.24, 2.45) is 12.8 Å². The number of nitrogens with zero attached hydrogens (tertiary/aromatic N) is 4. The first-order valence-electron chi connectivity index (χ1n) is 8.47. The third kappa shape index (κ3) is 2.83. The summed E-state index contributed by atoms with van der Waals surface area (Å²) in [6.45, 7) is 3.29. The summed E-state index contributed by atoms with van der Waals surface area (Å²) in [6, 6.07) is 5.98. The van der Waals surface area contributed by atoms with Crippen molar-refractivity contribution in [3.63, 3.8) is 0 Å². The molecule has 7 heteroatoms. The number of amides is 1. The number of nitrogens with two attached hydrogens (primary N) is 1. The highest BCUT2D eigenvalue weighted by molar-refractivity contribution is 7.13. The third-order valence-corrected chi connectivity index (χ3v) is 5.61. The number of likely N-dealkylation sites (tertiary alicyclic amines) is 1. The maximum atomic E-state index is 13.3. The molecule has 25 heavy (non-hydrogen) atoms. The number of piperidine rings is 1. The van der Waals surface area contributed by atoms with Crippen molar-refractivity contribution in [2.75, 3.05) is 13.1 Å². The number of carbonyl (C=O) groups excluding carboxylic acids is 1. The van der Waals surface area contributed by atoms with Crippen LogP contribution in [0.5, 0.6) is 0 Å². The van der Waals surface area contributed by atoms with Crippen molar-refractivity contribution >= 4 is 28.3 Å². The average Bonchev–Trinajstić information content (AvgIpc) is 3.23. The number of rotatable bonds is 2. The number of aromatic nitrogens is 3. The molecule has 0 spiro atoms. The Morgan fingerprint density at radius 2 is 2.28 bits per heavy atom. The van der Waals surface area contributed by atoms with Crippen LogP contribution in [0.3, 0.4) is 0 Å². The van der Waals surface area contributed by atoms with Gasteiger partial charge in [0.2, 0.25) is 0 Å². The van der Waals surface area contributed by atoms with Crippen LogP contribution >= 0.6 is 11.3 Å². The fourth-order valence-corrected chi connectivity index (χ4v) is 4.22. The predicted molar refractivity (Wildman–Crippen MR) is 99.7 cm³/mol. The Morgan fingerprint density at radius 1 is 1.44 bits per heavy atom. The molecule has 1 aliphatic heterocycles. The fourth-order valence-electron chi connectivity index (χ4n) is 3.53. The standard InChI is InChI=1S/C18H21N5OS/c1-11-16-13(18(24)23-7-3-5-12(19)10-23)9-14(15-6-4-8-25-15)20-17(16)22(2)21-11/h4,6,8-9,12H,3,5,7,10,19H2,1-2H3. The van der Waals surface area contributed by atoms with Crippen LogP contribution in [0.15, 0.2) is 23.6 Å². The Labute approximate surface area is 150 Å². The number of fused-ring (bicyclic) bond motifs is 1. The van der Waals surface area contributed by atoms with Gasteiger partial charge in [0.25, 0.3) is 5.91 Å². The van der Waals surface area contributed by atoms with E-state index in [1.807, 2.05) is 42.5 Å². The molecule has 4 rings (SSSR count). The van der Waals surface area contributed by atoms with Crippen molar-refractivity contribution in [1.29, 1.82) is 0 Å². The molecular formula is C18H21N5OS. The highest BCUT2D eigenvalue weighted by Crippen LogP contribution is 2.30. The minimum atomic E-state index is 0.0245. The molecule has 0 aliphatic carbocycles. The number of thiophene rings is 1. The van der Waals surface area contributed by atoms with Gasteiger partial charge in [0.15, 0.2) is 5.65 Å². The SMILES string of the molecule is Cc1nn(C)c2nc(-c3cccs3)cc(C(=O)N3CCCC(N)C3)c12. The van der Waals surface area contributed by atoms with E-state index in [1.54, 1.807) is 16.0 Å². The van der Waals surface area contributed by atoms with Crippen LogP contribution in [0, 0.1) is 6.92 Å². The number of hydrogen-bond donors (Lipinski definition) is 1. The van der Waals surface area contributed by atoms with Crippen molar-refractivity contribution < 1.29 is 4.79 Å². The first kappa shape index (κ1) is 16.2. The van der Waals surface area contributed by atoms with Crippen LogP contribution in [-0.4, -0.2) is 44.7 Å². The molecule has 2 N–H and O–H groups in total. The van der Waals surface area contributed by atoms with Crippen molar-refractivity contribution in [3.05, 3.63) is 34.8 Å². The number of carbonyl (C=O) groups is 1. The summed E-state index contributed by atoms with van der Waals surface area (Å²) in [4.78, 5) is 20.9. The van der Waals surface area contributed by atoms with Crippen LogP contribution in [0.2, 0.25) is 0 Å². The van der Waals surface area contributed by atoms with Gasteiger partial charge in [-0.05, 0) is 37.3 Å². The smallest absolute Gasteiger partial charge is 0.254 e. The van der Waals surface area contributed by atoms with Gasteiger partial charge >= 0.3 is 0 Å². The summed E-state index contributed by atoms with van der Waals surface area (Å²) in [5, 5.41) is 7.33.